The third kappa shape index (κ3) is 1.55. The molecule has 0 aliphatic heterocycles. The molecule has 0 amide bonds. The Kier molecular flexibility index (Phi) is 1.95. The Labute approximate surface area is 94.3 Å². The first-order valence-electron chi connectivity index (χ1n) is 4.65. The Hall–Kier alpha value is -2.95. The topological polar surface area (TPSA) is 120 Å². The van der Waals surface area contributed by atoms with Crippen molar-refractivity contribution in [3.05, 3.63) is 24.2 Å². The molecule has 3 aromatic rings. The summed E-state index contributed by atoms with van der Waals surface area (Å²) in [7, 11) is 0. The zero-order valence-electron chi connectivity index (χ0n) is 8.38. The van der Waals surface area contributed by atoms with Gasteiger partial charge < -0.3 is 9.51 Å². The van der Waals surface area contributed by atoms with Crippen molar-refractivity contribution in [2.75, 3.05) is 0 Å². The first-order valence-corrected chi connectivity index (χ1v) is 4.65. The smallest absolute Gasteiger partial charge is 0.259 e. The fraction of sp³-hybridized carbons (Fsp3) is 0. The molecule has 0 fully saturated rings. The van der Waals surface area contributed by atoms with Gasteiger partial charge in [-0.3, -0.25) is 0 Å². The Morgan fingerprint density at radius 2 is 2.35 bits per heavy atom. The standard InChI is InChI=1S/C9H5N7O/c10-2-6-1-5(3-11-6)9-13-8(15-17-9)7-4-12-16-14-7/h1,3-4,11H,(H,12,14,16). The minimum Gasteiger partial charge on any atom is -0.352 e. The molecule has 0 spiro atoms. The molecule has 0 radical (unpaired) electrons. The second-order valence-electron chi connectivity index (χ2n) is 3.19. The molecular formula is C9H5N7O. The van der Waals surface area contributed by atoms with Crippen molar-refractivity contribution in [1.82, 2.24) is 30.5 Å². The van der Waals surface area contributed by atoms with Crippen LogP contribution in [0.1, 0.15) is 5.69 Å². The third-order valence-corrected chi connectivity index (χ3v) is 2.12. The molecule has 0 aliphatic carbocycles. The Morgan fingerprint density at radius 1 is 1.41 bits per heavy atom. The molecule has 0 unspecified atom stereocenters. The van der Waals surface area contributed by atoms with Crippen molar-refractivity contribution in [2.24, 2.45) is 0 Å². The zero-order chi connectivity index (χ0) is 11.7. The zero-order valence-corrected chi connectivity index (χ0v) is 8.38. The molecule has 82 valence electrons. The highest BCUT2D eigenvalue weighted by Gasteiger charge is 2.13. The van der Waals surface area contributed by atoms with E-state index in [9.17, 15) is 0 Å². The Balaban J connectivity index is 1.98. The van der Waals surface area contributed by atoms with E-state index >= 15 is 0 Å². The molecular weight excluding hydrogens is 222 g/mol. The van der Waals surface area contributed by atoms with Crippen LogP contribution in [0.4, 0.5) is 0 Å². The van der Waals surface area contributed by atoms with Gasteiger partial charge in [0.1, 0.15) is 11.8 Å². The van der Waals surface area contributed by atoms with Gasteiger partial charge in [-0.1, -0.05) is 5.16 Å². The van der Waals surface area contributed by atoms with Crippen LogP contribution in [-0.2, 0) is 0 Å². The lowest BCUT2D eigenvalue weighted by atomic mass is 10.3. The normalized spacial score (nSPS) is 10.3. The van der Waals surface area contributed by atoms with Crippen LogP contribution < -0.4 is 0 Å². The van der Waals surface area contributed by atoms with E-state index in [1.807, 2.05) is 6.07 Å². The van der Waals surface area contributed by atoms with Crippen molar-refractivity contribution in [2.45, 2.75) is 0 Å². The summed E-state index contributed by atoms with van der Waals surface area (Å²) in [5, 5.41) is 22.4. The highest BCUT2D eigenvalue weighted by atomic mass is 16.5. The molecule has 0 aromatic carbocycles. The van der Waals surface area contributed by atoms with Crippen LogP contribution in [0.2, 0.25) is 0 Å². The van der Waals surface area contributed by atoms with Crippen molar-refractivity contribution in [3.63, 3.8) is 0 Å². The van der Waals surface area contributed by atoms with Gasteiger partial charge in [-0.25, -0.2) is 0 Å². The SMILES string of the molecule is N#Cc1cc(-c2nc(-c3cn[nH]n3)no2)c[nH]1. The molecule has 8 heteroatoms. The highest BCUT2D eigenvalue weighted by Crippen LogP contribution is 2.20. The van der Waals surface area contributed by atoms with Gasteiger partial charge in [0.15, 0.2) is 5.69 Å². The number of nitriles is 1. The summed E-state index contributed by atoms with van der Waals surface area (Å²) in [6.45, 7) is 0. The number of hydrogen-bond donors (Lipinski definition) is 2. The molecule has 0 bridgehead atoms. The van der Waals surface area contributed by atoms with E-state index in [1.54, 1.807) is 12.3 Å². The summed E-state index contributed by atoms with van der Waals surface area (Å²) in [6.07, 6.45) is 3.12. The Morgan fingerprint density at radius 3 is 3.06 bits per heavy atom. The van der Waals surface area contributed by atoms with Gasteiger partial charge in [-0.15, -0.1) is 0 Å². The molecule has 0 saturated carbocycles. The van der Waals surface area contributed by atoms with Crippen molar-refractivity contribution in [1.29, 1.82) is 5.26 Å². The highest BCUT2D eigenvalue weighted by molar-refractivity contribution is 5.57. The number of aromatic amines is 2. The molecule has 2 N–H and O–H groups in total. The summed E-state index contributed by atoms with van der Waals surface area (Å²) in [5.41, 5.74) is 1.58. The van der Waals surface area contributed by atoms with E-state index in [-0.39, 0.29) is 0 Å². The summed E-state index contributed by atoms with van der Waals surface area (Å²) in [6, 6.07) is 3.60. The van der Waals surface area contributed by atoms with Crippen molar-refractivity contribution in [3.8, 4) is 29.0 Å². The van der Waals surface area contributed by atoms with E-state index in [0.717, 1.165) is 0 Å². The van der Waals surface area contributed by atoms with Crippen LogP contribution in [0.5, 0.6) is 0 Å². The van der Waals surface area contributed by atoms with Gasteiger partial charge in [0.2, 0.25) is 5.82 Å². The molecule has 3 aromatic heterocycles. The van der Waals surface area contributed by atoms with Crippen LogP contribution in [0.3, 0.4) is 0 Å². The van der Waals surface area contributed by atoms with E-state index < -0.39 is 0 Å². The maximum Gasteiger partial charge on any atom is 0.259 e. The van der Waals surface area contributed by atoms with E-state index in [4.69, 9.17) is 9.78 Å². The van der Waals surface area contributed by atoms with Crippen LogP contribution in [-0.4, -0.2) is 30.5 Å². The van der Waals surface area contributed by atoms with Gasteiger partial charge >= 0.3 is 0 Å². The monoisotopic (exact) mass is 227 g/mol. The van der Waals surface area contributed by atoms with Crippen LogP contribution in [0, 0.1) is 11.3 Å². The lowest BCUT2D eigenvalue weighted by Gasteiger charge is -1.82. The number of H-pyrrole nitrogens is 2. The molecule has 17 heavy (non-hydrogen) atoms. The van der Waals surface area contributed by atoms with Gasteiger partial charge in [0.25, 0.3) is 5.89 Å². The maximum atomic E-state index is 8.68. The number of nitrogens with one attached hydrogen (secondary N) is 2. The number of nitrogens with zero attached hydrogens (tertiary/aromatic N) is 5. The maximum absolute atomic E-state index is 8.68. The predicted octanol–water partition coefficient (Wildman–Crippen LogP) is 0.721. The molecule has 3 rings (SSSR count). The lowest BCUT2D eigenvalue weighted by molar-refractivity contribution is 0.432. The van der Waals surface area contributed by atoms with Gasteiger partial charge in [0.05, 0.1) is 11.8 Å². The second-order valence-corrected chi connectivity index (χ2v) is 3.19. The van der Waals surface area contributed by atoms with E-state index in [2.05, 4.69) is 30.5 Å². The predicted molar refractivity (Wildman–Crippen MR) is 54.2 cm³/mol. The summed E-state index contributed by atoms with van der Waals surface area (Å²) in [5.74, 6) is 0.661. The average molecular weight is 227 g/mol. The lowest BCUT2D eigenvalue weighted by Crippen LogP contribution is -1.80. The summed E-state index contributed by atoms with van der Waals surface area (Å²) in [4.78, 5) is 6.92. The number of rotatable bonds is 2. The number of hydrogen-bond acceptors (Lipinski definition) is 6. The largest absolute Gasteiger partial charge is 0.352 e. The average Bonchev–Trinajstić information content (AvgIpc) is 3.09. The fourth-order valence-electron chi connectivity index (χ4n) is 1.34. The van der Waals surface area contributed by atoms with Crippen LogP contribution in [0.15, 0.2) is 23.0 Å². The quantitative estimate of drug-likeness (QED) is 0.665. The minimum absolute atomic E-state index is 0.320. The summed E-state index contributed by atoms with van der Waals surface area (Å²) >= 11 is 0. The van der Waals surface area contributed by atoms with Gasteiger partial charge in [-0.2, -0.15) is 25.7 Å². The minimum atomic E-state index is 0.320. The van der Waals surface area contributed by atoms with Gasteiger partial charge in [0, 0.05) is 6.20 Å². The molecule has 3 heterocycles. The van der Waals surface area contributed by atoms with Crippen LogP contribution >= 0.6 is 0 Å². The van der Waals surface area contributed by atoms with Crippen LogP contribution in [0.25, 0.3) is 23.0 Å². The molecule has 8 nitrogen and oxygen atoms in total. The second kappa shape index (κ2) is 3.57. The Bertz CT molecular complexity index is 672. The first-order chi connectivity index (χ1) is 8.36. The third-order valence-electron chi connectivity index (χ3n) is 2.12. The molecule has 0 saturated heterocycles. The van der Waals surface area contributed by atoms with E-state index in [0.29, 0.717) is 28.7 Å². The van der Waals surface area contributed by atoms with E-state index in [1.165, 1.54) is 6.20 Å². The van der Waals surface area contributed by atoms with Crippen molar-refractivity contribution < 1.29 is 4.52 Å². The molecule has 0 aliphatic rings. The molecule has 0 atom stereocenters. The first kappa shape index (κ1) is 9.29. The van der Waals surface area contributed by atoms with Gasteiger partial charge in [-0.05, 0) is 6.07 Å². The fourth-order valence-corrected chi connectivity index (χ4v) is 1.34. The summed E-state index contributed by atoms with van der Waals surface area (Å²) < 4.78 is 5.06. The van der Waals surface area contributed by atoms with Crippen molar-refractivity contribution >= 4 is 0 Å². The number of aromatic nitrogens is 6.